The molecule has 0 unspecified atom stereocenters. The Hall–Kier alpha value is -3.50. The summed E-state index contributed by atoms with van der Waals surface area (Å²) in [5.41, 5.74) is 0.863. The molecule has 0 radical (unpaired) electrons. The number of alkyl halides is 3. The van der Waals surface area contributed by atoms with Crippen LogP contribution in [0.1, 0.15) is 40.9 Å². The molecular weight excluding hydrogens is 423 g/mol. The Labute approximate surface area is 181 Å². The second-order valence-corrected chi connectivity index (χ2v) is 8.07. The number of hydrogen-bond acceptors (Lipinski definition) is 6. The highest BCUT2D eigenvalue weighted by Crippen LogP contribution is 2.40. The Morgan fingerprint density at radius 2 is 1.88 bits per heavy atom. The first kappa shape index (κ1) is 20.4. The van der Waals surface area contributed by atoms with Crippen LogP contribution in [0.4, 0.5) is 19.0 Å². The van der Waals surface area contributed by atoms with E-state index in [9.17, 15) is 18.0 Å². The standard InChI is InChI=1S/C21H20F3N7O/c1-12-6-7-25-18(19(12)31-27-8-9-28-31)20(32)30-14-3-4-16(30)15(10-14)29-17-5-2-13(11-26-17)21(22,23)24/h2,5-9,11,14-16H,3-4,10H2,1H3,(H,26,29)/t14-,15-,16+/m1/s1. The number of fused-ring (bicyclic) bond motifs is 2. The number of carbonyl (C=O) groups is 1. The van der Waals surface area contributed by atoms with Gasteiger partial charge in [0, 0.05) is 24.5 Å². The van der Waals surface area contributed by atoms with E-state index >= 15 is 0 Å². The fourth-order valence-electron chi connectivity index (χ4n) is 4.71. The van der Waals surface area contributed by atoms with Crippen LogP contribution < -0.4 is 5.32 Å². The summed E-state index contributed by atoms with van der Waals surface area (Å²) in [6.45, 7) is 1.87. The normalized spacial score (nSPS) is 22.4. The first-order valence-electron chi connectivity index (χ1n) is 10.3. The average Bonchev–Trinajstić information content (AvgIpc) is 3.49. The van der Waals surface area contributed by atoms with Crippen molar-refractivity contribution >= 4 is 11.7 Å². The van der Waals surface area contributed by atoms with Crippen LogP contribution in [0.25, 0.3) is 5.69 Å². The van der Waals surface area contributed by atoms with Crippen LogP contribution in [-0.4, -0.2) is 53.9 Å². The van der Waals surface area contributed by atoms with Crippen molar-refractivity contribution in [1.82, 2.24) is 29.9 Å². The Kier molecular flexibility index (Phi) is 4.83. The molecule has 2 bridgehead atoms. The number of hydrogen-bond donors (Lipinski definition) is 1. The number of aryl methyl sites for hydroxylation is 1. The molecule has 11 heteroatoms. The number of carbonyl (C=O) groups excluding carboxylic acids is 1. The quantitative estimate of drug-likeness (QED) is 0.666. The van der Waals surface area contributed by atoms with Crippen LogP contribution in [0.3, 0.4) is 0 Å². The zero-order chi connectivity index (χ0) is 22.5. The lowest BCUT2D eigenvalue weighted by Crippen LogP contribution is -2.40. The molecule has 32 heavy (non-hydrogen) atoms. The third-order valence-electron chi connectivity index (χ3n) is 6.14. The van der Waals surface area contributed by atoms with Crippen LogP contribution in [-0.2, 0) is 6.18 Å². The fourth-order valence-corrected chi connectivity index (χ4v) is 4.71. The molecular formula is C21H20F3N7O. The van der Waals surface area contributed by atoms with Crippen LogP contribution in [0.15, 0.2) is 43.0 Å². The molecule has 2 aliphatic rings. The Morgan fingerprint density at radius 3 is 2.56 bits per heavy atom. The number of nitrogens with zero attached hydrogens (tertiary/aromatic N) is 6. The molecule has 3 aromatic rings. The van der Waals surface area contributed by atoms with Gasteiger partial charge in [-0.1, -0.05) is 0 Å². The molecule has 3 aromatic heterocycles. The molecule has 1 N–H and O–H groups in total. The number of aromatic nitrogens is 5. The Bertz CT molecular complexity index is 1130. The van der Waals surface area contributed by atoms with E-state index in [0.717, 1.165) is 30.7 Å². The summed E-state index contributed by atoms with van der Waals surface area (Å²) >= 11 is 0. The molecule has 0 spiro atoms. The summed E-state index contributed by atoms with van der Waals surface area (Å²) in [6, 6.07) is 3.96. The summed E-state index contributed by atoms with van der Waals surface area (Å²) in [6.07, 6.45) is 3.43. The second-order valence-electron chi connectivity index (χ2n) is 8.07. The maximum absolute atomic E-state index is 13.6. The van der Waals surface area contributed by atoms with E-state index in [1.54, 1.807) is 12.3 Å². The first-order valence-corrected chi connectivity index (χ1v) is 10.3. The van der Waals surface area contributed by atoms with Gasteiger partial charge in [0.05, 0.1) is 24.0 Å². The lowest BCUT2D eigenvalue weighted by molar-refractivity contribution is -0.137. The number of rotatable bonds is 4. The largest absolute Gasteiger partial charge is 0.417 e. The molecule has 8 nitrogen and oxygen atoms in total. The first-order chi connectivity index (χ1) is 15.3. The molecule has 2 fully saturated rings. The van der Waals surface area contributed by atoms with E-state index in [-0.39, 0.29) is 29.7 Å². The number of halogens is 3. The van der Waals surface area contributed by atoms with Crippen molar-refractivity contribution in [2.75, 3.05) is 5.32 Å². The summed E-state index contributed by atoms with van der Waals surface area (Å²) in [4.78, 5) is 25.1. The lowest BCUT2D eigenvalue weighted by atomic mass is 9.95. The van der Waals surface area contributed by atoms with Gasteiger partial charge in [-0.3, -0.25) is 4.79 Å². The van der Waals surface area contributed by atoms with Gasteiger partial charge in [-0.25, -0.2) is 9.97 Å². The van der Waals surface area contributed by atoms with Crippen molar-refractivity contribution in [3.63, 3.8) is 0 Å². The van der Waals surface area contributed by atoms with Gasteiger partial charge in [0.2, 0.25) is 0 Å². The molecule has 1 amide bonds. The van der Waals surface area contributed by atoms with E-state index in [4.69, 9.17) is 0 Å². The topological polar surface area (TPSA) is 88.8 Å². The van der Waals surface area contributed by atoms with E-state index in [2.05, 4.69) is 25.5 Å². The van der Waals surface area contributed by atoms with Crippen LogP contribution in [0.2, 0.25) is 0 Å². The van der Waals surface area contributed by atoms with Gasteiger partial charge < -0.3 is 10.2 Å². The van der Waals surface area contributed by atoms with Crippen molar-refractivity contribution in [2.45, 2.75) is 50.5 Å². The highest BCUT2D eigenvalue weighted by atomic mass is 19.4. The van der Waals surface area contributed by atoms with E-state index in [1.165, 1.54) is 23.3 Å². The third-order valence-corrected chi connectivity index (χ3v) is 6.14. The van der Waals surface area contributed by atoms with Gasteiger partial charge in [-0.05, 0) is 49.9 Å². The molecule has 5 heterocycles. The van der Waals surface area contributed by atoms with Gasteiger partial charge in [0.15, 0.2) is 5.69 Å². The summed E-state index contributed by atoms with van der Waals surface area (Å²) in [7, 11) is 0. The minimum atomic E-state index is -4.43. The van der Waals surface area contributed by atoms with Gasteiger partial charge >= 0.3 is 6.18 Å². The molecule has 2 aliphatic heterocycles. The van der Waals surface area contributed by atoms with Crippen molar-refractivity contribution in [2.24, 2.45) is 0 Å². The van der Waals surface area contributed by atoms with Gasteiger partial charge in [-0.15, -0.1) is 4.80 Å². The van der Waals surface area contributed by atoms with Gasteiger partial charge in [-0.2, -0.15) is 23.4 Å². The summed E-state index contributed by atoms with van der Waals surface area (Å²) < 4.78 is 38.4. The Balaban J connectivity index is 1.38. The number of pyridine rings is 2. The molecule has 0 aliphatic carbocycles. The lowest BCUT2D eigenvalue weighted by Gasteiger charge is -2.26. The minimum absolute atomic E-state index is 0.0280. The molecule has 0 aromatic carbocycles. The van der Waals surface area contributed by atoms with Crippen LogP contribution in [0.5, 0.6) is 0 Å². The zero-order valence-corrected chi connectivity index (χ0v) is 17.1. The van der Waals surface area contributed by atoms with Crippen molar-refractivity contribution in [3.05, 3.63) is 59.8 Å². The van der Waals surface area contributed by atoms with Crippen LogP contribution in [0, 0.1) is 6.92 Å². The molecule has 5 rings (SSSR count). The monoisotopic (exact) mass is 443 g/mol. The smallest absolute Gasteiger partial charge is 0.365 e. The van der Waals surface area contributed by atoms with Crippen molar-refractivity contribution in [3.8, 4) is 5.69 Å². The second kappa shape index (κ2) is 7.57. The third kappa shape index (κ3) is 3.47. The highest BCUT2D eigenvalue weighted by molar-refractivity contribution is 5.97. The number of nitrogens with one attached hydrogen (secondary N) is 1. The molecule has 3 atom stereocenters. The minimum Gasteiger partial charge on any atom is -0.365 e. The average molecular weight is 443 g/mol. The maximum Gasteiger partial charge on any atom is 0.417 e. The maximum atomic E-state index is 13.6. The Morgan fingerprint density at radius 1 is 1.09 bits per heavy atom. The number of amides is 1. The predicted molar refractivity (Wildman–Crippen MR) is 108 cm³/mol. The van der Waals surface area contributed by atoms with Gasteiger partial charge in [0.1, 0.15) is 11.5 Å². The highest BCUT2D eigenvalue weighted by Gasteiger charge is 2.49. The fraction of sp³-hybridized carbons (Fsp3) is 0.381. The van der Waals surface area contributed by atoms with Crippen molar-refractivity contribution in [1.29, 1.82) is 0 Å². The van der Waals surface area contributed by atoms with Crippen molar-refractivity contribution < 1.29 is 18.0 Å². The van der Waals surface area contributed by atoms with Crippen LogP contribution >= 0.6 is 0 Å². The SMILES string of the molecule is Cc1ccnc(C(=O)N2[C@@H]3CC[C@H]2[C@H](Nc2ccc(C(F)(F)F)cn2)C3)c1-n1nccn1. The molecule has 166 valence electrons. The van der Waals surface area contributed by atoms with Gasteiger partial charge in [0.25, 0.3) is 5.91 Å². The van der Waals surface area contributed by atoms with E-state index < -0.39 is 11.7 Å². The number of anilines is 1. The summed E-state index contributed by atoms with van der Waals surface area (Å²) in [5.74, 6) is 0.163. The zero-order valence-electron chi connectivity index (χ0n) is 17.1. The molecule has 2 saturated heterocycles. The summed E-state index contributed by atoms with van der Waals surface area (Å²) in [5, 5.41) is 11.5. The van der Waals surface area contributed by atoms with E-state index in [0.29, 0.717) is 17.9 Å². The molecule has 0 saturated carbocycles. The van der Waals surface area contributed by atoms with E-state index in [1.807, 2.05) is 11.8 Å². The predicted octanol–water partition coefficient (Wildman–Crippen LogP) is 3.24.